The van der Waals surface area contributed by atoms with Gasteiger partial charge in [0.1, 0.15) is 0 Å². The van der Waals surface area contributed by atoms with Crippen molar-refractivity contribution in [3.63, 3.8) is 0 Å². The molecule has 9 heavy (non-hydrogen) atoms. The molecule has 1 rings (SSSR count). The molecule has 0 aromatic rings. The molecule has 1 fully saturated rings. The standard InChI is InChI=1S/C5H13N3O/c6-5(7,9)4-2-1-3-8-4/h4,8-9H,1-3,6-7H2/t4-/m0/s1. The Bertz CT molecular complexity index is 92.9. The fourth-order valence-corrected chi connectivity index (χ4v) is 1.08. The van der Waals surface area contributed by atoms with Crippen molar-refractivity contribution < 1.29 is 5.11 Å². The molecule has 4 nitrogen and oxygen atoms in total. The average Bonchev–Trinajstić information content (AvgIpc) is 2.08. The van der Waals surface area contributed by atoms with Gasteiger partial charge < -0.3 is 10.4 Å². The summed E-state index contributed by atoms with van der Waals surface area (Å²) in [5.41, 5.74) is 10.4. The van der Waals surface area contributed by atoms with E-state index in [1.807, 2.05) is 0 Å². The van der Waals surface area contributed by atoms with Crippen LogP contribution in [-0.4, -0.2) is 23.5 Å². The molecule has 1 aliphatic rings. The summed E-state index contributed by atoms with van der Waals surface area (Å²) in [6.45, 7) is 0.904. The first-order chi connectivity index (χ1) is 4.11. The van der Waals surface area contributed by atoms with Crippen molar-refractivity contribution >= 4 is 0 Å². The summed E-state index contributed by atoms with van der Waals surface area (Å²) in [4.78, 5) is 0. The van der Waals surface area contributed by atoms with Gasteiger partial charge in [-0.15, -0.1) is 0 Å². The number of nitrogens with two attached hydrogens (primary N) is 2. The monoisotopic (exact) mass is 131 g/mol. The summed E-state index contributed by atoms with van der Waals surface area (Å²) >= 11 is 0. The first-order valence-corrected chi connectivity index (χ1v) is 3.14. The van der Waals surface area contributed by atoms with Gasteiger partial charge >= 0.3 is 0 Å². The van der Waals surface area contributed by atoms with E-state index in [-0.39, 0.29) is 6.04 Å². The summed E-state index contributed by atoms with van der Waals surface area (Å²) < 4.78 is 0. The molecule has 4 heteroatoms. The molecule has 0 aliphatic carbocycles. The van der Waals surface area contributed by atoms with Gasteiger partial charge in [0.15, 0.2) is 5.85 Å². The first kappa shape index (κ1) is 6.95. The topological polar surface area (TPSA) is 84.3 Å². The highest BCUT2D eigenvalue weighted by molar-refractivity contribution is 4.85. The van der Waals surface area contributed by atoms with Crippen molar-refractivity contribution in [1.29, 1.82) is 0 Å². The number of nitrogens with one attached hydrogen (secondary N) is 1. The minimum atomic E-state index is -1.53. The molecule has 0 unspecified atom stereocenters. The summed E-state index contributed by atoms with van der Waals surface area (Å²) in [6, 6.07) is -0.127. The van der Waals surface area contributed by atoms with E-state index < -0.39 is 5.85 Å². The smallest absolute Gasteiger partial charge is 0.182 e. The Balaban J connectivity index is 2.42. The lowest BCUT2D eigenvalue weighted by molar-refractivity contribution is 0.0198. The Morgan fingerprint density at radius 3 is 2.44 bits per heavy atom. The van der Waals surface area contributed by atoms with Crippen molar-refractivity contribution in [2.75, 3.05) is 6.54 Å². The zero-order valence-electron chi connectivity index (χ0n) is 5.30. The van der Waals surface area contributed by atoms with Crippen LogP contribution in [0.15, 0.2) is 0 Å². The number of hydrogen-bond donors (Lipinski definition) is 4. The highest BCUT2D eigenvalue weighted by atomic mass is 16.3. The Morgan fingerprint density at radius 1 is 1.56 bits per heavy atom. The molecular weight excluding hydrogens is 118 g/mol. The zero-order chi connectivity index (χ0) is 6.91. The molecule has 1 saturated heterocycles. The predicted octanol–water partition coefficient (Wildman–Crippen LogP) is -1.70. The zero-order valence-corrected chi connectivity index (χ0v) is 5.30. The second-order valence-corrected chi connectivity index (χ2v) is 2.54. The SMILES string of the molecule is NC(N)(O)[C@@H]1CCCN1. The number of aliphatic hydroxyl groups is 1. The molecule has 0 spiro atoms. The molecule has 0 aromatic heterocycles. The Kier molecular flexibility index (Phi) is 1.72. The van der Waals surface area contributed by atoms with Gasteiger partial charge in [0.25, 0.3) is 0 Å². The van der Waals surface area contributed by atoms with Crippen molar-refractivity contribution in [3.8, 4) is 0 Å². The van der Waals surface area contributed by atoms with Crippen LogP contribution in [0.25, 0.3) is 0 Å². The van der Waals surface area contributed by atoms with Crippen LogP contribution >= 0.6 is 0 Å². The maximum atomic E-state index is 9.01. The van der Waals surface area contributed by atoms with Crippen LogP contribution in [0, 0.1) is 0 Å². The van der Waals surface area contributed by atoms with E-state index >= 15 is 0 Å². The predicted molar refractivity (Wildman–Crippen MR) is 34.3 cm³/mol. The second-order valence-electron chi connectivity index (χ2n) is 2.54. The van der Waals surface area contributed by atoms with Crippen LogP contribution in [0.5, 0.6) is 0 Å². The van der Waals surface area contributed by atoms with E-state index in [0.717, 1.165) is 19.4 Å². The van der Waals surface area contributed by atoms with Crippen molar-refractivity contribution in [3.05, 3.63) is 0 Å². The second kappa shape index (κ2) is 2.22. The fourth-order valence-electron chi connectivity index (χ4n) is 1.08. The van der Waals surface area contributed by atoms with E-state index in [1.165, 1.54) is 0 Å². The van der Waals surface area contributed by atoms with E-state index in [2.05, 4.69) is 5.32 Å². The molecule has 0 amide bonds. The Morgan fingerprint density at radius 2 is 2.22 bits per heavy atom. The molecule has 0 radical (unpaired) electrons. The lowest BCUT2D eigenvalue weighted by atomic mass is 10.1. The number of rotatable bonds is 1. The van der Waals surface area contributed by atoms with Crippen LogP contribution in [-0.2, 0) is 0 Å². The Hall–Kier alpha value is -0.160. The van der Waals surface area contributed by atoms with E-state index in [9.17, 15) is 0 Å². The highest BCUT2D eigenvalue weighted by Gasteiger charge is 2.30. The van der Waals surface area contributed by atoms with E-state index in [4.69, 9.17) is 16.6 Å². The van der Waals surface area contributed by atoms with Crippen LogP contribution in [0.4, 0.5) is 0 Å². The van der Waals surface area contributed by atoms with E-state index in [0.29, 0.717) is 0 Å². The molecule has 1 atom stereocenters. The van der Waals surface area contributed by atoms with Gasteiger partial charge in [-0.2, -0.15) is 0 Å². The fraction of sp³-hybridized carbons (Fsp3) is 1.00. The Labute approximate surface area is 54.2 Å². The van der Waals surface area contributed by atoms with Crippen molar-refractivity contribution in [2.24, 2.45) is 11.5 Å². The molecule has 0 saturated carbocycles. The van der Waals surface area contributed by atoms with Gasteiger partial charge in [-0.1, -0.05) is 0 Å². The number of hydrogen-bond acceptors (Lipinski definition) is 4. The molecule has 0 bridgehead atoms. The van der Waals surface area contributed by atoms with Gasteiger partial charge in [-0.3, -0.25) is 11.5 Å². The van der Waals surface area contributed by atoms with Gasteiger partial charge in [0.05, 0.1) is 6.04 Å². The van der Waals surface area contributed by atoms with Crippen LogP contribution < -0.4 is 16.8 Å². The van der Waals surface area contributed by atoms with Crippen LogP contribution in [0.3, 0.4) is 0 Å². The van der Waals surface area contributed by atoms with Gasteiger partial charge in [0, 0.05) is 0 Å². The van der Waals surface area contributed by atoms with Gasteiger partial charge in [-0.25, -0.2) is 0 Å². The molecular formula is C5H13N3O. The van der Waals surface area contributed by atoms with Crippen molar-refractivity contribution in [2.45, 2.75) is 24.7 Å². The molecule has 6 N–H and O–H groups in total. The molecule has 1 heterocycles. The van der Waals surface area contributed by atoms with Gasteiger partial charge in [-0.05, 0) is 19.4 Å². The highest BCUT2D eigenvalue weighted by Crippen LogP contribution is 2.09. The van der Waals surface area contributed by atoms with Gasteiger partial charge in [0.2, 0.25) is 0 Å². The third kappa shape index (κ3) is 1.62. The van der Waals surface area contributed by atoms with E-state index in [1.54, 1.807) is 0 Å². The lowest BCUT2D eigenvalue weighted by Gasteiger charge is -2.24. The molecule has 1 aliphatic heterocycles. The maximum absolute atomic E-state index is 9.01. The summed E-state index contributed by atoms with van der Waals surface area (Å²) in [7, 11) is 0. The first-order valence-electron chi connectivity index (χ1n) is 3.14. The van der Waals surface area contributed by atoms with Crippen LogP contribution in [0.2, 0.25) is 0 Å². The largest absolute Gasteiger partial charge is 0.362 e. The average molecular weight is 131 g/mol. The molecule has 0 aromatic carbocycles. The molecule has 54 valence electrons. The normalized spacial score (nSPS) is 29.0. The minimum Gasteiger partial charge on any atom is -0.362 e. The third-order valence-corrected chi connectivity index (χ3v) is 1.62. The minimum absolute atomic E-state index is 0.127. The lowest BCUT2D eigenvalue weighted by Crippen LogP contribution is -2.61. The third-order valence-electron chi connectivity index (χ3n) is 1.62. The van der Waals surface area contributed by atoms with Crippen molar-refractivity contribution in [1.82, 2.24) is 5.32 Å². The summed E-state index contributed by atoms with van der Waals surface area (Å²) in [6.07, 6.45) is 1.91. The van der Waals surface area contributed by atoms with Crippen LogP contribution in [0.1, 0.15) is 12.8 Å². The summed E-state index contributed by atoms with van der Waals surface area (Å²) in [5, 5.41) is 12.0. The maximum Gasteiger partial charge on any atom is 0.182 e. The summed E-state index contributed by atoms with van der Waals surface area (Å²) in [5.74, 6) is -1.53. The quantitative estimate of drug-likeness (QED) is 0.320.